The molecular weight excluding hydrogens is 246 g/mol. The Kier molecular flexibility index (Phi) is 4.25. The molecule has 3 rings (SSSR count). The summed E-state index contributed by atoms with van der Waals surface area (Å²) in [7, 11) is 0. The number of nitrogens with two attached hydrogens (primary N) is 1. The van der Waals surface area contributed by atoms with Crippen LogP contribution in [0.25, 0.3) is 0 Å². The molecule has 1 unspecified atom stereocenters. The number of hydrogen-bond acceptors (Lipinski definition) is 3. The van der Waals surface area contributed by atoms with Crippen LogP contribution in [0.3, 0.4) is 0 Å². The zero-order valence-corrected chi connectivity index (χ0v) is 12.6. The number of aromatic nitrogens is 1. The zero-order valence-electron chi connectivity index (χ0n) is 12.6. The number of nitrogens with zero attached hydrogens (tertiary/aromatic N) is 2. The Balaban J connectivity index is 1.77. The third-order valence-electron chi connectivity index (χ3n) is 5.17. The molecular formula is C17H27N3. The lowest BCUT2D eigenvalue weighted by Crippen LogP contribution is -2.46. The van der Waals surface area contributed by atoms with Crippen molar-refractivity contribution in [2.24, 2.45) is 11.7 Å². The molecule has 20 heavy (non-hydrogen) atoms. The first-order chi connectivity index (χ1) is 9.79. The number of piperidine rings is 1. The lowest BCUT2D eigenvalue weighted by molar-refractivity contribution is 0.243. The highest BCUT2D eigenvalue weighted by Crippen LogP contribution is 2.37. The van der Waals surface area contributed by atoms with Crippen molar-refractivity contribution in [1.82, 2.24) is 4.98 Å². The summed E-state index contributed by atoms with van der Waals surface area (Å²) in [6.45, 7) is 3.31. The molecule has 0 radical (unpaired) electrons. The van der Waals surface area contributed by atoms with E-state index in [4.69, 9.17) is 5.73 Å². The summed E-state index contributed by atoms with van der Waals surface area (Å²) in [6, 6.07) is 5.18. The number of hydrogen-bond donors (Lipinski definition) is 1. The summed E-state index contributed by atoms with van der Waals surface area (Å²) in [5.41, 5.74) is 8.37. The lowest BCUT2D eigenvalue weighted by Gasteiger charge is -2.45. The third-order valence-corrected chi connectivity index (χ3v) is 5.17. The number of fused-ring (bicyclic) bond motifs is 1. The van der Waals surface area contributed by atoms with E-state index < -0.39 is 0 Å². The first-order valence-electron chi connectivity index (χ1n) is 8.27. The normalized spacial score (nSPS) is 28.0. The average Bonchev–Trinajstić information content (AvgIpc) is 2.54. The summed E-state index contributed by atoms with van der Waals surface area (Å²) in [5, 5.41) is 0. The van der Waals surface area contributed by atoms with E-state index >= 15 is 0 Å². The third kappa shape index (κ3) is 2.69. The first-order valence-corrected chi connectivity index (χ1v) is 8.27. The summed E-state index contributed by atoms with van der Waals surface area (Å²) < 4.78 is 0. The minimum absolute atomic E-state index is 0.0767. The van der Waals surface area contributed by atoms with Crippen LogP contribution in [0.2, 0.25) is 0 Å². The van der Waals surface area contributed by atoms with Crippen molar-refractivity contribution in [2.75, 3.05) is 11.4 Å². The van der Waals surface area contributed by atoms with Gasteiger partial charge in [0.1, 0.15) is 0 Å². The minimum Gasteiger partial charge on any atom is -0.367 e. The number of pyridine rings is 1. The Morgan fingerprint density at radius 2 is 2.05 bits per heavy atom. The fourth-order valence-electron chi connectivity index (χ4n) is 3.94. The summed E-state index contributed by atoms with van der Waals surface area (Å²) >= 11 is 0. The van der Waals surface area contributed by atoms with Crippen LogP contribution < -0.4 is 10.6 Å². The Bertz CT molecular complexity index is 426. The van der Waals surface area contributed by atoms with E-state index in [1.165, 1.54) is 50.8 Å². The van der Waals surface area contributed by atoms with Gasteiger partial charge in [-0.15, -0.1) is 0 Å². The van der Waals surface area contributed by atoms with Crippen LogP contribution in [0, 0.1) is 5.92 Å². The summed E-state index contributed by atoms with van der Waals surface area (Å²) in [4.78, 5) is 7.21. The van der Waals surface area contributed by atoms with Crippen molar-refractivity contribution < 1.29 is 0 Å². The van der Waals surface area contributed by atoms with Crippen molar-refractivity contribution in [3.8, 4) is 0 Å². The Labute approximate surface area is 122 Å². The quantitative estimate of drug-likeness (QED) is 0.914. The van der Waals surface area contributed by atoms with Gasteiger partial charge in [-0.05, 0) is 50.2 Å². The molecule has 1 aromatic rings. The van der Waals surface area contributed by atoms with Crippen LogP contribution in [-0.4, -0.2) is 17.6 Å². The molecule has 2 N–H and O–H groups in total. The van der Waals surface area contributed by atoms with Gasteiger partial charge in [0.05, 0.1) is 17.6 Å². The van der Waals surface area contributed by atoms with E-state index in [2.05, 4.69) is 28.9 Å². The second-order valence-corrected chi connectivity index (χ2v) is 6.40. The van der Waals surface area contributed by atoms with E-state index in [0.29, 0.717) is 0 Å². The van der Waals surface area contributed by atoms with Crippen LogP contribution in [0.4, 0.5) is 5.69 Å². The van der Waals surface area contributed by atoms with E-state index in [9.17, 15) is 0 Å². The van der Waals surface area contributed by atoms with Crippen LogP contribution in [0.15, 0.2) is 18.3 Å². The van der Waals surface area contributed by atoms with Crippen LogP contribution >= 0.6 is 0 Å². The Morgan fingerprint density at radius 1 is 1.25 bits per heavy atom. The van der Waals surface area contributed by atoms with Gasteiger partial charge in [0.2, 0.25) is 0 Å². The molecule has 3 heteroatoms. The van der Waals surface area contributed by atoms with Gasteiger partial charge in [0.15, 0.2) is 0 Å². The van der Waals surface area contributed by atoms with Crippen molar-refractivity contribution in [1.29, 1.82) is 0 Å². The van der Waals surface area contributed by atoms with Gasteiger partial charge in [0, 0.05) is 18.6 Å². The van der Waals surface area contributed by atoms with Crippen molar-refractivity contribution in [3.05, 3.63) is 24.0 Å². The van der Waals surface area contributed by atoms with Crippen LogP contribution in [0.1, 0.15) is 63.6 Å². The van der Waals surface area contributed by atoms with Gasteiger partial charge in [-0.2, -0.15) is 0 Å². The van der Waals surface area contributed by atoms with Gasteiger partial charge in [-0.3, -0.25) is 4.98 Å². The molecule has 0 bridgehead atoms. The van der Waals surface area contributed by atoms with E-state index in [1.807, 2.05) is 6.20 Å². The van der Waals surface area contributed by atoms with Crippen molar-refractivity contribution in [3.63, 3.8) is 0 Å². The Hall–Kier alpha value is -1.09. The molecule has 3 nitrogen and oxygen atoms in total. The topological polar surface area (TPSA) is 42.1 Å². The molecule has 1 aromatic heterocycles. The SMILES string of the molecule is CCC(N)c1ccc(N2CCC[C@H]3CCCC[C@H]32)cn1. The predicted molar refractivity (Wildman–Crippen MR) is 83.8 cm³/mol. The molecule has 1 aliphatic heterocycles. The second kappa shape index (κ2) is 6.13. The van der Waals surface area contributed by atoms with E-state index in [-0.39, 0.29) is 6.04 Å². The predicted octanol–water partition coefficient (Wildman–Crippen LogP) is 3.65. The van der Waals surface area contributed by atoms with Gasteiger partial charge < -0.3 is 10.6 Å². The monoisotopic (exact) mass is 273 g/mol. The smallest absolute Gasteiger partial charge is 0.0572 e. The van der Waals surface area contributed by atoms with Crippen LogP contribution in [0.5, 0.6) is 0 Å². The second-order valence-electron chi connectivity index (χ2n) is 6.40. The maximum Gasteiger partial charge on any atom is 0.0572 e. The highest BCUT2D eigenvalue weighted by atomic mass is 15.2. The molecule has 2 aliphatic rings. The minimum atomic E-state index is 0.0767. The molecule has 0 aromatic carbocycles. The largest absolute Gasteiger partial charge is 0.367 e. The fraction of sp³-hybridized carbons (Fsp3) is 0.706. The molecule has 3 atom stereocenters. The van der Waals surface area contributed by atoms with Crippen molar-refractivity contribution in [2.45, 2.75) is 64.0 Å². The molecule has 1 aliphatic carbocycles. The van der Waals surface area contributed by atoms with Gasteiger partial charge in [-0.1, -0.05) is 19.8 Å². The zero-order chi connectivity index (χ0) is 13.9. The maximum absolute atomic E-state index is 6.05. The van der Waals surface area contributed by atoms with Gasteiger partial charge in [-0.25, -0.2) is 0 Å². The summed E-state index contributed by atoms with van der Waals surface area (Å²) in [5.74, 6) is 0.912. The standard InChI is InChI=1S/C17H27N3/c1-2-15(18)16-10-9-14(12-19-16)20-11-5-7-13-6-3-4-8-17(13)20/h9-10,12-13,15,17H,2-8,11,18H2,1H3/t13-,15?,17-/m1/s1. The molecule has 1 saturated carbocycles. The van der Waals surface area contributed by atoms with Gasteiger partial charge >= 0.3 is 0 Å². The summed E-state index contributed by atoms with van der Waals surface area (Å²) in [6.07, 6.45) is 11.4. The highest BCUT2D eigenvalue weighted by Gasteiger charge is 2.33. The number of rotatable bonds is 3. The molecule has 110 valence electrons. The lowest BCUT2D eigenvalue weighted by atomic mass is 9.78. The number of anilines is 1. The average molecular weight is 273 g/mol. The highest BCUT2D eigenvalue weighted by molar-refractivity contribution is 5.46. The molecule has 1 saturated heterocycles. The molecule has 0 spiro atoms. The maximum atomic E-state index is 6.05. The van der Waals surface area contributed by atoms with Gasteiger partial charge in [0.25, 0.3) is 0 Å². The van der Waals surface area contributed by atoms with E-state index in [0.717, 1.165) is 24.1 Å². The van der Waals surface area contributed by atoms with E-state index in [1.54, 1.807) is 0 Å². The molecule has 2 fully saturated rings. The molecule has 2 heterocycles. The van der Waals surface area contributed by atoms with Crippen LogP contribution in [-0.2, 0) is 0 Å². The first kappa shape index (κ1) is 13.9. The fourth-order valence-corrected chi connectivity index (χ4v) is 3.94. The van der Waals surface area contributed by atoms with Crippen molar-refractivity contribution >= 4 is 5.69 Å². The Morgan fingerprint density at radius 3 is 2.80 bits per heavy atom. The molecule has 0 amide bonds.